The van der Waals surface area contributed by atoms with Gasteiger partial charge in [-0.2, -0.15) is 0 Å². The highest BCUT2D eigenvalue weighted by molar-refractivity contribution is 5.84. The number of rotatable bonds is 1. The van der Waals surface area contributed by atoms with E-state index in [1.54, 1.807) is 0 Å². The molecule has 0 radical (unpaired) electrons. The third kappa shape index (κ3) is 1.81. The van der Waals surface area contributed by atoms with Crippen LogP contribution in [0.5, 0.6) is 0 Å². The van der Waals surface area contributed by atoms with Crippen molar-refractivity contribution in [3.63, 3.8) is 0 Å². The molecule has 0 bridgehead atoms. The molecule has 0 N–H and O–H groups in total. The van der Waals surface area contributed by atoms with E-state index in [0.29, 0.717) is 6.04 Å². The van der Waals surface area contributed by atoms with Crippen LogP contribution in [0, 0.1) is 0 Å². The lowest BCUT2D eigenvalue weighted by atomic mass is 10.2. The van der Waals surface area contributed by atoms with Crippen LogP contribution in [0.2, 0.25) is 0 Å². The van der Waals surface area contributed by atoms with Gasteiger partial charge in [-0.3, -0.25) is 9.89 Å². The van der Waals surface area contributed by atoms with Gasteiger partial charge in [-0.05, 0) is 20.8 Å². The topological polar surface area (TPSA) is 15.6 Å². The molecule has 0 spiro atoms. The summed E-state index contributed by atoms with van der Waals surface area (Å²) in [6.45, 7) is 9.77. The van der Waals surface area contributed by atoms with E-state index in [2.05, 4.69) is 30.7 Å². The Balaban J connectivity index is 2.45. The minimum absolute atomic E-state index is 0.672. The Morgan fingerprint density at radius 3 is 2.60 bits per heavy atom. The molecule has 10 heavy (non-hydrogen) atoms. The van der Waals surface area contributed by atoms with Crippen molar-refractivity contribution >= 4 is 5.71 Å². The standard InChI is InChI=1S/C8H16N2/c1-7(2)10-5-4-9-8(3)6-10/h7H,4-6H2,1-3H3. The van der Waals surface area contributed by atoms with Gasteiger partial charge in [0, 0.05) is 24.8 Å². The summed E-state index contributed by atoms with van der Waals surface area (Å²) in [5.41, 5.74) is 1.28. The van der Waals surface area contributed by atoms with E-state index in [-0.39, 0.29) is 0 Å². The van der Waals surface area contributed by atoms with Gasteiger partial charge in [0.05, 0.1) is 6.54 Å². The summed E-state index contributed by atoms with van der Waals surface area (Å²) in [5.74, 6) is 0. The van der Waals surface area contributed by atoms with Gasteiger partial charge < -0.3 is 0 Å². The molecule has 0 fully saturated rings. The smallest absolute Gasteiger partial charge is 0.0516 e. The lowest BCUT2D eigenvalue weighted by Gasteiger charge is -2.28. The maximum atomic E-state index is 4.34. The first-order valence-electron chi connectivity index (χ1n) is 3.94. The fraction of sp³-hybridized carbons (Fsp3) is 0.875. The molecule has 0 aromatic rings. The van der Waals surface area contributed by atoms with Crippen molar-refractivity contribution in [2.75, 3.05) is 19.6 Å². The average Bonchev–Trinajstić information content (AvgIpc) is 1.88. The molecule has 1 aliphatic heterocycles. The molecule has 2 nitrogen and oxygen atoms in total. The zero-order valence-corrected chi connectivity index (χ0v) is 7.09. The molecule has 0 unspecified atom stereocenters. The first-order chi connectivity index (χ1) is 4.70. The van der Waals surface area contributed by atoms with Crippen molar-refractivity contribution in [2.24, 2.45) is 4.99 Å². The van der Waals surface area contributed by atoms with E-state index < -0.39 is 0 Å². The van der Waals surface area contributed by atoms with E-state index in [1.807, 2.05) is 0 Å². The van der Waals surface area contributed by atoms with Gasteiger partial charge in [-0.15, -0.1) is 0 Å². The van der Waals surface area contributed by atoms with Gasteiger partial charge in [-0.1, -0.05) is 0 Å². The molecule has 0 saturated heterocycles. The van der Waals surface area contributed by atoms with Gasteiger partial charge >= 0.3 is 0 Å². The number of nitrogens with zero attached hydrogens (tertiary/aromatic N) is 2. The Hall–Kier alpha value is -0.370. The minimum atomic E-state index is 0.672. The Morgan fingerprint density at radius 1 is 1.50 bits per heavy atom. The summed E-state index contributed by atoms with van der Waals surface area (Å²) < 4.78 is 0. The van der Waals surface area contributed by atoms with Crippen molar-refractivity contribution in [3.8, 4) is 0 Å². The third-order valence-corrected chi connectivity index (χ3v) is 1.93. The number of hydrogen-bond acceptors (Lipinski definition) is 2. The van der Waals surface area contributed by atoms with Crippen molar-refractivity contribution in [1.29, 1.82) is 0 Å². The molecule has 1 rings (SSSR count). The normalized spacial score (nSPS) is 21.4. The molecule has 2 heteroatoms. The molecule has 0 aromatic heterocycles. The summed E-state index contributed by atoms with van der Waals surface area (Å²) in [5, 5.41) is 0. The van der Waals surface area contributed by atoms with Crippen LogP contribution < -0.4 is 0 Å². The molecule has 58 valence electrons. The second kappa shape index (κ2) is 3.15. The van der Waals surface area contributed by atoms with Gasteiger partial charge in [-0.25, -0.2) is 0 Å². The van der Waals surface area contributed by atoms with Crippen LogP contribution in [0.15, 0.2) is 4.99 Å². The fourth-order valence-electron chi connectivity index (χ4n) is 1.23. The maximum absolute atomic E-state index is 4.34. The Labute approximate surface area is 62.9 Å². The first-order valence-corrected chi connectivity index (χ1v) is 3.94. The maximum Gasteiger partial charge on any atom is 0.0516 e. The second-order valence-corrected chi connectivity index (χ2v) is 3.18. The van der Waals surface area contributed by atoms with Crippen LogP contribution in [-0.4, -0.2) is 36.3 Å². The first kappa shape index (κ1) is 7.73. The van der Waals surface area contributed by atoms with Crippen molar-refractivity contribution in [1.82, 2.24) is 4.90 Å². The predicted octanol–water partition coefficient (Wildman–Crippen LogP) is 1.17. The van der Waals surface area contributed by atoms with Gasteiger partial charge in [0.25, 0.3) is 0 Å². The van der Waals surface area contributed by atoms with Crippen LogP contribution >= 0.6 is 0 Å². The van der Waals surface area contributed by atoms with Gasteiger partial charge in [0.15, 0.2) is 0 Å². The van der Waals surface area contributed by atoms with E-state index in [1.165, 1.54) is 5.71 Å². The van der Waals surface area contributed by atoms with Gasteiger partial charge in [0.2, 0.25) is 0 Å². The third-order valence-electron chi connectivity index (χ3n) is 1.93. The molecular weight excluding hydrogens is 124 g/mol. The summed E-state index contributed by atoms with van der Waals surface area (Å²) in [6.07, 6.45) is 0. The van der Waals surface area contributed by atoms with Crippen LogP contribution in [0.25, 0.3) is 0 Å². The Bertz CT molecular complexity index is 138. The zero-order chi connectivity index (χ0) is 7.56. The lowest BCUT2D eigenvalue weighted by Crippen LogP contribution is -2.39. The lowest BCUT2D eigenvalue weighted by molar-refractivity contribution is 0.252. The Morgan fingerprint density at radius 2 is 2.20 bits per heavy atom. The molecule has 0 amide bonds. The highest BCUT2D eigenvalue weighted by Gasteiger charge is 2.12. The van der Waals surface area contributed by atoms with E-state index in [9.17, 15) is 0 Å². The van der Waals surface area contributed by atoms with E-state index in [4.69, 9.17) is 0 Å². The van der Waals surface area contributed by atoms with E-state index in [0.717, 1.165) is 19.6 Å². The predicted molar refractivity (Wildman–Crippen MR) is 44.7 cm³/mol. The Kier molecular flexibility index (Phi) is 2.44. The fourth-order valence-corrected chi connectivity index (χ4v) is 1.23. The van der Waals surface area contributed by atoms with Crippen LogP contribution in [-0.2, 0) is 0 Å². The van der Waals surface area contributed by atoms with E-state index >= 15 is 0 Å². The minimum Gasteiger partial charge on any atom is -0.294 e. The van der Waals surface area contributed by atoms with Crippen LogP contribution in [0.4, 0.5) is 0 Å². The van der Waals surface area contributed by atoms with Crippen molar-refractivity contribution < 1.29 is 0 Å². The molecule has 1 heterocycles. The largest absolute Gasteiger partial charge is 0.294 e. The molecule has 0 saturated carbocycles. The quantitative estimate of drug-likeness (QED) is 0.534. The summed E-state index contributed by atoms with van der Waals surface area (Å²) >= 11 is 0. The molecular formula is C8H16N2. The monoisotopic (exact) mass is 140 g/mol. The molecule has 0 atom stereocenters. The van der Waals surface area contributed by atoms with Crippen molar-refractivity contribution in [3.05, 3.63) is 0 Å². The number of aliphatic imine (C=N–C) groups is 1. The van der Waals surface area contributed by atoms with Crippen LogP contribution in [0.3, 0.4) is 0 Å². The highest BCUT2D eigenvalue weighted by atomic mass is 15.2. The summed E-state index contributed by atoms with van der Waals surface area (Å²) in [6, 6.07) is 0.672. The molecule has 1 aliphatic rings. The van der Waals surface area contributed by atoms with Crippen LogP contribution in [0.1, 0.15) is 20.8 Å². The summed E-state index contributed by atoms with van der Waals surface area (Å²) in [7, 11) is 0. The average molecular weight is 140 g/mol. The SMILES string of the molecule is CC1=NCCN(C(C)C)C1. The number of hydrogen-bond donors (Lipinski definition) is 0. The van der Waals surface area contributed by atoms with Crippen molar-refractivity contribution in [2.45, 2.75) is 26.8 Å². The highest BCUT2D eigenvalue weighted by Crippen LogP contribution is 2.02. The van der Waals surface area contributed by atoms with Gasteiger partial charge in [0.1, 0.15) is 0 Å². The summed E-state index contributed by atoms with van der Waals surface area (Å²) in [4.78, 5) is 6.78. The molecule has 0 aromatic carbocycles. The zero-order valence-electron chi connectivity index (χ0n) is 7.09. The molecule has 0 aliphatic carbocycles. The second-order valence-electron chi connectivity index (χ2n) is 3.18.